The quantitative estimate of drug-likeness (QED) is 0.374. The molecule has 0 bridgehead atoms. The molecule has 8 rings (SSSR count). The Morgan fingerprint density at radius 1 is 0.605 bits per heavy atom. The molecule has 0 amide bonds. The van der Waals surface area contributed by atoms with Crippen LogP contribution in [0.25, 0.3) is 0 Å². The molecule has 6 aliphatic rings. The van der Waals surface area contributed by atoms with Gasteiger partial charge in [0.15, 0.2) is 0 Å². The first-order chi connectivity index (χ1) is 18.9. The van der Waals surface area contributed by atoms with Gasteiger partial charge in [0.2, 0.25) is 0 Å². The number of rotatable bonds is 2. The molecule has 2 aromatic rings. The summed E-state index contributed by atoms with van der Waals surface area (Å²) in [6.07, 6.45) is 30.3. The van der Waals surface area contributed by atoms with Gasteiger partial charge in [-0.1, -0.05) is 96.7 Å². The highest BCUT2D eigenvalue weighted by molar-refractivity contribution is 5.73. The fourth-order valence-electron chi connectivity index (χ4n) is 9.46. The highest BCUT2D eigenvalue weighted by Gasteiger charge is 2.49. The molecular formula is C37H39N. The van der Waals surface area contributed by atoms with Crippen LogP contribution in [0.15, 0.2) is 115 Å². The van der Waals surface area contributed by atoms with Gasteiger partial charge in [-0.15, -0.1) is 0 Å². The zero-order chi connectivity index (χ0) is 25.1. The van der Waals surface area contributed by atoms with Gasteiger partial charge in [0.05, 0.1) is 0 Å². The van der Waals surface area contributed by atoms with E-state index in [1.807, 2.05) is 0 Å². The molecule has 1 nitrogen and oxygen atoms in total. The van der Waals surface area contributed by atoms with Crippen LogP contribution < -0.4 is 4.90 Å². The van der Waals surface area contributed by atoms with Crippen LogP contribution in [0.1, 0.15) is 50.0 Å². The Bertz CT molecular complexity index is 1340. The summed E-state index contributed by atoms with van der Waals surface area (Å²) in [6.45, 7) is 0. The summed E-state index contributed by atoms with van der Waals surface area (Å²) < 4.78 is 0. The Kier molecular flexibility index (Phi) is 5.60. The number of hydrogen-bond acceptors (Lipinski definition) is 1. The first-order valence-electron chi connectivity index (χ1n) is 15.2. The van der Waals surface area contributed by atoms with Crippen molar-refractivity contribution in [2.75, 3.05) is 4.90 Å². The molecule has 38 heavy (non-hydrogen) atoms. The first kappa shape index (κ1) is 22.9. The third-order valence-electron chi connectivity index (χ3n) is 11.1. The van der Waals surface area contributed by atoms with E-state index in [0.29, 0.717) is 47.5 Å². The fourth-order valence-corrected chi connectivity index (χ4v) is 9.46. The topological polar surface area (TPSA) is 3.24 Å². The molecule has 0 radical (unpaired) electrons. The van der Waals surface area contributed by atoms with Crippen LogP contribution in [-0.2, 0) is 0 Å². The van der Waals surface area contributed by atoms with Crippen LogP contribution in [0.3, 0.4) is 0 Å². The molecule has 1 heteroatoms. The summed E-state index contributed by atoms with van der Waals surface area (Å²) in [6, 6.07) is 21.1. The van der Waals surface area contributed by atoms with Gasteiger partial charge in [-0.3, -0.25) is 0 Å². The van der Waals surface area contributed by atoms with Gasteiger partial charge in [0, 0.05) is 23.3 Å². The van der Waals surface area contributed by atoms with E-state index in [9.17, 15) is 0 Å². The molecule has 2 aromatic carbocycles. The van der Waals surface area contributed by atoms with Crippen molar-refractivity contribution in [3.05, 3.63) is 120 Å². The highest BCUT2D eigenvalue weighted by atomic mass is 15.2. The molecule has 1 heterocycles. The molecule has 192 valence electrons. The maximum atomic E-state index is 2.85. The predicted octanol–water partition coefficient (Wildman–Crippen LogP) is 9.16. The van der Waals surface area contributed by atoms with Crippen LogP contribution in [-0.4, -0.2) is 6.04 Å². The Morgan fingerprint density at radius 2 is 1.37 bits per heavy atom. The van der Waals surface area contributed by atoms with Crippen molar-refractivity contribution in [2.24, 2.45) is 41.4 Å². The lowest BCUT2D eigenvalue weighted by atomic mass is 9.61. The van der Waals surface area contributed by atoms with Crippen molar-refractivity contribution >= 4 is 11.4 Å². The Balaban J connectivity index is 1.17. The molecule has 5 aliphatic carbocycles. The Morgan fingerprint density at radius 3 is 2.26 bits per heavy atom. The van der Waals surface area contributed by atoms with E-state index in [1.165, 1.54) is 49.9 Å². The lowest BCUT2D eigenvalue weighted by Gasteiger charge is -2.45. The predicted molar refractivity (Wildman–Crippen MR) is 158 cm³/mol. The lowest BCUT2D eigenvalue weighted by Crippen LogP contribution is -2.41. The Hall–Kier alpha value is -3.06. The normalized spacial score (nSPS) is 38.4. The molecule has 2 fully saturated rings. The number of allylic oxidation sites excluding steroid dienone is 10. The van der Waals surface area contributed by atoms with Crippen LogP contribution in [0.5, 0.6) is 0 Å². The van der Waals surface area contributed by atoms with Crippen molar-refractivity contribution < 1.29 is 0 Å². The number of nitrogens with zero attached hydrogens (tertiary/aromatic N) is 1. The number of hydrogen-bond donors (Lipinski definition) is 0. The number of fused-ring (bicyclic) bond motifs is 8. The van der Waals surface area contributed by atoms with Crippen molar-refractivity contribution in [2.45, 2.75) is 50.5 Å². The summed E-state index contributed by atoms with van der Waals surface area (Å²) in [4.78, 5) is 2.69. The second-order valence-electron chi connectivity index (χ2n) is 12.7. The number of para-hydroxylation sites is 2. The van der Waals surface area contributed by atoms with Gasteiger partial charge in [-0.2, -0.15) is 0 Å². The maximum Gasteiger partial charge on any atom is 0.0449 e. The smallest absolute Gasteiger partial charge is 0.0449 e. The Labute approximate surface area is 228 Å². The molecule has 0 aromatic heterocycles. The molecule has 2 saturated carbocycles. The second kappa shape index (κ2) is 9.30. The monoisotopic (exact) mass is 497 g/mol. The van der Waals surface area contributed by atoms with Crippen molar-refractivity contribution in [3.8, 4) is 0 Å². The van der Waals surface area contributed by atoms with Gasteiger partial charge in [-0.25, -0.2) is 0 Å². The fraction of sp³-hybridized carbons (Fsp3) is 0.405. The molecule has 0 N–H and O–H groups in total. The largest absolute Gasteiger partial charge is 0.337 e. The van der Waals surface area contributed by atoms with Gasteiger partial charge in [0.1, 0.15) is 0 Å². The van der Waals surface area contributed by atoms with E-state index < -0.39 is 0 Å². The van der Waals surface area contributed by atoms with Gasteiger partial charge in [-0.05, 0) is 104 Å². The lowest BCUT2D eigenvalue weighted by molar-refractivity contribution is 0.199. The average molecular weight is 498 g/mol. The van der Waals surface area contributed by atoms with Crippen molar-refractivity contribution in [1.29, 1.82) is 0 Å². The van der Waals surface area contributed by atoms with Crippen LogP contribution in [0.4, 0.5) is 11.4 Å². The third kappa shape index (κ3) is 3.58. The minimum Gasteiger partial charge on any atom is -0.337 e. The van der Waals surface area contributed by atoms with E-state index in [-0.39, 0.29) is 0 Å². The van der Waals surface area contributed by atoms with Crippen molar-refractivity contribution in [3.63, 3.8) is 0 Å². The number of anilines is 2. The SMILES string of the molecule is C1=CC2CCC(C3=CC4C(CC3)CCC3C4c4ccccc4N3c3ccccc3)C3C=CC=CC3C2C=C1. The summed E-state index contributed by atoms with van der Waals surface area (Å²) in [5, 5.41) is 0. The maximum absolute atomic E-state index is 2.85. The van der Waals surface area contributed by atoms with Gasteiger partial charge >= 0.3 is 0 Å². The van der Waals surface area contributed by atoms with Crippen LogP contribution in [0, 0.1) is 41.4 Å². The van der Waals surface area contributed by atoms with E-state index in [1.54, 1.807) is 11.1 Å². The van der Waals surface area contributed by atoms with E-state index >= 15 is 0 Å². The first-order valence-corrected chi connectivity index (χ1v) is 15.2. The average Bonchev–Trinajstić information content (AvgIpc) is 3.23. The van der Waals surface area contributed by atoms with E-state index in [4.69, 9.17) is 0 Å². The molecule has 1 aliphatic heterocycles. The summed E-state index contributed by atoms with van der Waals surface area (Å²) in [5.41, 5.74) is 6.20. The van der Waals surface area contributed by atoms with Crippen LogP contribution in [0.2, 0.25) is 0 Å². The molecule has 0 spiro atoms. The minimum atomic E-state index is 0.573. The van der Waals surface area contributed by atoms with Crippen molar-refractivity contribution in [1.82, 2.24) is 0 Å². The summed E-state index contributed by atoms with van der Waals surface area (Å²) >= 11 is 0. The summed E-state index contributed by atoms with van der Waals surface area (Å²) in [7, 11) is 0. The molecule has 9 unspecified atom stereocenters. The number of benzene rings is 2. The van der Waals surface area contributed by atoms with Crippen LogP contribution >= 0.6 is 0 Å². The standard InChI is InChI=1S/C37H39N/c1-2-11-28(12-3-1)38-35-17-9-8-16-33(35)37-34-24-27(19-18-26(34)21-23-36(37)38)30-22-20-25-10-4-5-13-29(25)31-14-6-7-15-32(30)31/h1-17,24-26,29-32,34,36-37H,18-23H2. The zero-order valence-electron chi connectivity index (χ0n) is 22.3. The molecular weight excluding hydrogens is 458 g/mol. The zero-order valence-corrected chi connectivity index (χ0v) is 22.3. The highest BCUT2D eigenvalue weighted by Crippen LogP contribution is 2.58. The minimum absolute atomic E-state index is 0.573. The molecule has 9 atom stereocenters. The third-order valence-corrected chi connectivity index (χ3v) is 11.1. The summed E-state index contributed by atoms with van der Waals surface area (Å²) in [5.74, 6) is 5.44. The van der Waals surface area contributed by atoms with E-state index in [2.05, 4.69) is 114 Å². The molecule has 0 saturated heterocycles. The second-order valence-corrected chi connectivity index (χ2v) is 12.7. The van der Waals surface area contributed by atoms with Gasteiger partial charge in [0.25, 0.3) is 0 Å². The van der Waals surface area contributed by atoms with E-state index in [0.717, 1.165) is 5.92 Å². The van der Waals surface area contributed by atoms with Gasteiger partial charge < -0.3 is 4.90 Å².